The number of hydrazone groups is 1. The Balaban J connectivity index is 1.48. The van der Waals surface area contributed by atoms with Gasteiger partial charge in [0.2, 0.25) is 5.28 Å². The minimum Gasteiger partial charge on any atom is -0.298 e. The van der Waals surface area contributed by atoms with E-state index >= 15 is 0 Å². The van der Waals surface area contributed by atoms with E-state index in [1.807, 2.05) is 17.1 Å². The van der Waals surface area contributed by atoms with Crippen molar-refractivity contribution in [1.82, 2.24) is 30.0 Å². The van der Waals surface area contributed by atoms with Crippen LogP contribution in [0.1, 0.15) is 57.2 Å². The molecule has 0 bridgehead atoms. The number of hydrogen-bond acceptors (Lipinski definition) is 6. The van der Waals surface area contributed by atoms with Gasteiger partial charge < -0.3 is 0 Å². The lowest BCUT2D eigenvalue weighted by Crippen LogP contribution is -2.55. The predicted molar refractivity (Wildman–Crippen MR) is 97.1 cm³/mol. The number of anilines is 1. The summed E-state index contributed by atoms with van der Waals surface area (Å²) >= 11 is 6.48. The summed E-state index contributed by atoms with van der Waals surface area (Å²) in [5.74, 6) is 2.22. The minimum absolute atomic E-state index is 0.125. The average Bonchev–Trinajstić information content (AvgIpc) is 3.06. The number of aromatic nitrogens is 5. The SMILES string of the molecule is CC1(c2cnnn2C2=NNC3C4CCCCC4n4c(cnc4Cl)N23)CC1. The van der Waals surface area contributed by atoms with Crippen molar-refractivity contribution in [2.75, 3.05) is 4.90 Å². The molecule has 2 aliphatic carbocycles. The molecule has 1 N–H and O–H groups in total. The molecule has 2 aromatic heterocycles. The van der Waals surface area contributed by atoms with Crippen molar-refractivity contribution in [2.24, 2.45) is 11.0 Å². The normalized spacial score (nSPS) is 30.9. The molecule has 4 aliphatic rings. The molecule has 8 nitrogen and oxygen atoms in total. The predicted octanol–water partition coefficient (Wildman–Crippen LogP) is 2.48. The summed E-state index contributed by atoms with van der Waals surface area (Å²) in [5.41, 5.74) is 4.67. The zero-order chi connectivity index (χ0) is 17.5. The van der Waals surface area contributed by atoms with Gasteiger partial charge in [-0.15, -0.1) is 10.2 Å². The monoisotopic (exact) mass is 372 g/mol. The van der Waals surface area contributed by atoms with E-state index in [1.54, 1.807) is 0 Å². The van der Waals surface area contributed by atoms with Crippen molar-refractivity contribution in [2.45, 2.75) is 63.1 Å². The fraction of sp³-hybridized carbons (Fsp3) is 0.647. The van der Waals surface area contributed by atoms with Crippen molar-refractivity contribution in [3.63, 3.8) is 0 Å². The van der Waals surface area contributed by atoms with Crippen molar-refractivity contribution < 1.29 is 0 Å². The van der Waals surface area contributed by atoms with Gasteiger partial charge in [0.15, 0.2) is 0 Å². The highest BCUT2D eigenvalue weighted by atomic mass is 35.5. The zero-order valence-electron chi connectivity index (χ0n) is 14.6. The smallest absolute Gasteiger partial charge is 0.252 e. The van der Waals surface area contributed by atoms with Gasteiger partial charge in [0, 0.05) is 17.4 Å². The van der Waals surface area contributed by atoms with Gasteiger partial charge in [-0.25, -0.2) is 4.98 Å². The van der Waals surface area contributed by atoms with Gasteiger partial charge in [0.25, 0.3) is 5.96 Å². The lowest BCUT2D eigenvalue weighted by atomic mass is 9.80. The number of fused-ring (bicyclic) bond motifs is 6. The van der Waals surface area contributed by atoms with Gasteiger partial charge in [0.05, 0.1) is 18.1 Å². The van der Waals surface area contributed by atoms with Gasteiger partial charge in [-0.2, -0.15) is 4.68 Å². The number of rotatable bonds is 1. The molecule has 3 atom stereocenters. The maximum Gasteiger partial charge on any atom is 0.252 e. The molecule has 9 heteroatoms. The van der Waals surface area contributed by atoms with E-state index in [4.69, 9.17) is 16.7 Å². The fourth-order valence-corrected chi connectivity index (χ4v) is 5.18. The van der Waals surface area contributed by atoms with Gasteiger partial charge in [-0.05, 0) is 37.3 Å². The molecule has 2 aliphatic heterocycles. The molecule has 136 valence electrons. The van der Waals surface area contributed by atoms with Crippen LogP contribution in [-0.2, 0) is 5.41 Å². The molecule has 0 saturated heterocycles. The summed E-state index contributed by atoms with van der Waals surface area (Å²) in [6, 6.07) is 0.383. The summed E-state index contributed by atoms with van der Waals surface area (Å²) in [4.78, 5) is 6.63. The Morgan fingerprint density at radius 3 is 2.92 bits per heavy atom. The molecular formula is C17H21ClN8. The number of halogens is 1. The van der Waals surface area contributed by atoms with Crippen LogP contribution in [0.4, 0.5) is 5.82 Å². The molecule has 2 aromatic rings. The van der Waals surface area contributed by atoms with Crippen molar-refractivity contribution in [3.05, 3.63) is 23.4 Å². The highest BCUT2D eigenvalue weighted by Gasteiger charge is 2.50. The average molecular weight is 373 g/mol. The number of hydrogen-bond donors (Lipinski definition) is 1. The molecular weight excluding hydrogens is 352 g/mol. The Morgan fingerprint density at radius 1 is 1.23 bits per heavy atom. The molecule has 3 unspecified atom stereocenters. The lowest BCUT2D eigenvalue weighted by Gasteiger charge is -2.45. The number of imidazole rings is 1. The van der Waals surface area contributed by atoms with E-state index < -0.39 is 0 Å². The standard InChI is InChI=1S/C17H21ClN8/c1-17(6-7-17)12-8-20-23-26(12)16-22-21-14-10-4-2-3-5-11(10)24-13(25(14)16)9-19-15(24)18/h8-11,14,21H,2-7H2,1H3. The minimum atomic E-state index is 0.125. The van der Waals surface area contributed by atoms with Gasteiger partial charge in [-0.1, -0.05) is 25.0 Å². The fourth-order valence-electron chi connectivity index (χ4n) is 4.92. The van der Waals surface area contributed by atoms with Crippen LogP contribution < -0.4 is 10.3 Å². The van der Waals surface area contributed by atoms with E-state index in [1.165, 1.54) is 25.7 Å². The van der Waals surface area contributed by atoms with Gasteiger partial charge in [0.1, 0.15) is 12.0 Å². The molecule has 2 fully saturated rings. The summed E-state index contributed by atoms with van der Waals surface area (Å²) in [5, 5.41) is 13.8. The van der Waals surface area contributed by atoms with Crippen molar-refractivity contribution in [3.8, 4) is 0 Å². The third-order valence-electron chi connectivity index (χ3n) is 6.65. The maximum absolute atomic E-state index is 6.48. The largest absolute Gasteiger partial charge is 0.298 e. The highest BCUT2D eigenvalue weighted by Crippen LogP contribution is 2.49. The summed E-state index contributed by atoms with van der Waals surface area (Å²) < 4.78 is 4.09. The molecule has 6 rings (SSSR count). The van der Waals surface area contributed by atoms with Crippen LogP contribution in [0.3, 0.4) is 0 Å². The van der Waals surface area contributed by atoms with E-state index in [9.17, 15) is 0 Å². The Hall–Kier alpha value is -2.09. The third-order valence-corrected chi connectivity index (χ3v) is 6.93. The Labute approximate surface area is 156 Å². The molecule has 2 saturated carbocycles. The van der Waals surface area contributed by atoms with E-state index in [0.717, 1.165) is 30.3 Å². The first kappa shape index (κ1) is 15.0. The van der Waals surface area contributed by atoms with Gasteiger partial charge >= 0.3 is 0 Å². The highest BCUT2D eigenvalue weighted by molar-refractivity contribution is 6.28. The first-order valence-corrected chi connectivity index (χ1v) is 9.82. The van der Waals surface area contributed by atoms with Crippen molar-refractivity contribution in [1.29, 1.82) is 0 Å². The van der Waals surface area contributed by atoms with Crippen LogP contribution in [-0.4, -0.2) is 36.7 Å². The van der Waals surface area contributed by atoms with E-state index in [0.29, 0.717) is 17.2 Å². The van der Waals surface area contributed by atoms with Gasteiger partial charge in [-0.3, -0.25) is 14.9 Å². The quantitative estimate of drug-likeness (QED) is 0.832. The zero-order valence-corrected chi connectivity index (χ0v) is 15.4. The summed E-state index contributed by atoms with van der Waals surface area (Å²) in [7, 11) is 0. The summed E-state index contributed by atoms with van der Waals surface area (Å²) in [6.07, 6.45) is 11.0. The van der Waals surface area contributed by atoms with E-state index in [2.05, 4.69) is 37.1 Å². The molecule has 0 radical (unpaired) electrons. The molecule has 26 heavy (non-hydrogen) atoms. The Kier molecular flexibility index (Phi) is 2.89. The molecule has 4 heterocycles. The van der Waals surface area contributed by atoms with Crippen LogP contribution in [0.25, 0.3) is 0 Å². The molecule has 0 amide bonds. The lowest BCUT2D eigenvalue weighted by molar-refractivity contribution is 0.176. The molecule has 0 spiro atoms. The van der Waals surface area contributed by atoms with Crippen LogP contribution >= 0.6 is 11.6 Å². The first-order valence-electron chi connectivity index (χ1n) is 9.44. The van der Waals surface area contributed by atoms with Crippen LogP contribution in [0.15, 0.2) is 17.5 Å². The second-order valence-corrected chi connectivity index (χ2v) is 8.56. The van der Waals surface area contributed by atoms with Crippen LogP contribution in [0, 0.1) is 5.92 Å². The number of nitrogens with one attached hydrogen (secondary N) is 1. The maximum atomic E-state index is 6.48. The summed E-state index contributed by atoms with van der Waals surface area (Å²) in [6.45, 7) is 2.26. The third kappa shape index (κ3) is 1.85. The van der Waals surface area contributed by atoms with Crippen LogP contribution in [0.2, 0.25) is 5.28 Å². The molecule has 0 aromatic carbocycles. The van der Waals surface area contributed by atoms with E-state index in [-0.39, 0.29) is 11.6 Å². The van der Waals surface area contributed by atoms with Crippen LogP contribution in [0.5, 0.6) is 0 Å². The second kappa shape index (κ2) is 5.00. The van der Waals surface area contributed by atoms with Crippen molar-refractivity contribution >= 4 is 23.4 Å². The Bertz CT molecular complexity index is 910. The Morgan fingerprint density at radius 2 is 2.08 bits per heavy atom. The number of nitrogens with zero attached hydrogens (tertiary/aromatic N) is 7. The topological polar surface area (TPSA) is 76.2 Å². The first-order chi connectivity index (χ1) is 12.7. The second-order valence-electron chi connectivity index (χ2n) is 8.22.